The number of aliphatic hydroxyl groups is 3. The molecule has 1 aliphatic rings. The number of aliphatic hydroxyl groups excluding tert-OH is 3. The zero-order chi connectivity index (χ0) is 20.7. The number of imidazole rings is 1. The van der Waals surface area contributed by atoms with Gasteiger partial charge in [0.2, 0.25) is 5.95 Å². The average molecular weight is 397 g/mol. The first-order valence-electron chi connectivity index (χ1n) is 8.88. The summed E-state index contributed by atoms with van der Waals surface area (Å²) in [5.41, 5.74) is 6.90. The highest BCUT2D eigenvalue weighted by molar-refractivity contribution is 5.73. The molecule has 0 radical (unpaired) electrons. The number of nitrogens with one attached hydrogen (secondary N) is 1. The normalized spacial score (nSPS) is 23.9. The van der Waals surface area contributed by atoms with Crippen LogP contribution in [0.4, 0.5) is 5.95 Å². The van der Waals surface area contributed by atoms with Crippen LogP contribution in [0.15, 0.2) is 29.1 Å². The first kappa shape index (κ1) is 19.1. The van der Waals surface area contributed by atoms with Gasteiger partial charge in [0.05, 0.1) is 6.61 Å². The third-order valence-electron chi connectivity index (χ3n) is 4.71. The van der Waals surface area contributed by atoms with Crippen LogP contribution in [-0.4, -0.2) is 59.8 Å². The fraction of sp³-hybridized carbons (Fsp3) is 0.316. The summed E-state index contributed by atoms with van der Waals surface area (Å²) in [5.74, 6) is 5.76. The highest BCUT2D eigenvalue weighted by Crippen LogP contribution is 2.32. The van der Waals surface area contributed by atoms with E-state index in [2.05, 4.69) is 26.8 Å². The maximum Gasteiger partial charge on any atom is 0.280 e. The van der Waals surface area contributed by atoms with Crippen LogP contribution < -0.4 is 11.3 Å². The van der Waals surface area contributed by atoms with E-state index < -0.39 is 36.7 Å². The second-order valence-corrected chi connectivity index (χ2v) is 6.77. The van der Waals surface area contributed by atoms with E-state index in [-0.39, 0.29) is 22.9 Å². The third-order valence-corrected chi connectivity index (χ3v) is 4.71. The third kappa shape index (κ3) is 3.37. The molecular formula is C19H19N5O5. The van der Waals surface area contributed by atoms with Crippen LogP contribution >= 0.6 is 0 Å². The number of fused-ring (bicyclic) bond motifs is 1. The maximum atomic E-state index is 12.3. The summed E-state index contributed by atoms with van der Waals surface area (Å²) in [7, 11) is 0. The number of rotatable bonds is 2. The minimum Gasteiger partial charge on any atom is -0.394 e. The number of nitrogens with two attached hydrogens (primary N) is 1. The highest BCUT2D eigenvalue weighted by Gasteiger charge is 2.45. The van der Waals surface area contributed by atoms with Crippen LogP contribution in [0.2, 0.25) is 0 Å². The zero-order valence-electron chi connectivity index (χ0n) is 15.4. The Morgan fingerprint density at radius 3 is 2.59 bits per heavy atom. The van der Waals surface area contributed by atoms with Gasteiger partial charge < -0.3 is 25.8 Å². The number of aromatic nitrogens is 4. The lowest BCUT2D eigenvalue weighted by molar-refractivity contribution is -0.0514. The van der Waals surface area contributed by atoms with E-state index in [1.807, 2.05) is 31.2 Å². The van der Waals surface area contributed by atoms with Crippen LogP contribution in [0, 0.1) is 18.8 Å². The topological polar surface area (TPSA) is 160 Å². The molecule has 0 amide bonds. The minimum absolute atomic E-state index is 0.0369. The molecule has 0 spiro atoms. The number of nitrogen functional groups attached to an aromatic ring is 1. The van der Waals surface area contributed by atoms with E-state index in [0.717, 1.165) is 11.1 Å². The Morgan fingerprint density at radius 2 is 1.93 bits per heavy atom. The van der Waals surface area contributed by atoms with Gasteiger partial charge in [0.25, 0.3) is 5.56 Å². The molecule has 10 nitrogen and oxygen atoms in total. The molecule has 1 fully saturated rings. The predicted molar refractivity (Wildman–Crippen MR) is 103 cm³/mol. The number of aryl methyl sites for hydroxylation is 1. The summed E-state index contributed by atoms with van der Waals surface area (Å²) in [5, 5.41) is 29.9. The molecule has 0 unspecified atom stereocenters. The Hall–Kier alpha value is -3.23. The molecule has 1 aliphatic heterocycles. The quantitative estimate of drug-likeness (QED) is 0.345. The number of H-pyrrole nitrogens is 1. The van der Waals surface area contributed by atoms with E-state index in [1.165, 1.54) is 4.57 Å². The SMILES string of the molecule is Cc1ccc(C#Cc2nc3c(=O)[nH]c(N)nc3n2[C@@H]2O[C@H](CO)[C@@H](O)[C@H]2O)cc1. The van der Waals surface area contributed by atoms with E-state index in [1.54, 1.807) is 0 Å². The Bertz CT molecular complexity index is 1170. The fourth-order valence-electron chi connectivity index (χ4n) is 3.19. The Balaban J connectivity index is 1.88. The van der Waals surface area contributed by atoms with E-state index in [4.69, 9.17) is 10.5 Å². The minimum atomic E-state index is -1.40. The van der Waals surface area contributed by atoms with Crippen LogP contribution in [0.1, 0.15) is 23.2 Å². The van der Waals surface area contributed by atoms with E-state index >= 15 is 0 Å². The summed E-state index contributed by atoms with van der Waals surface area (Å²) in [6.45, 7) is 1.46. The van der Waals surface area contributed by atoms with Crippen molar-refractivity contribution in [2.75, 3.05) is 12.3 Å². The maximum absolute atomic E-state index is 12.3. The molecule has 4 atom stereocenters. The van der Waals surface area contributed by atoms with Gasteiger partial charge in [0, 0.05) is 5.56 Å². The van der Waals surface area contributed by atoms with Gasteiger partial charge >= 0.3 is 0 Å². The number of hydrogen-bond donors (Lipinski definition) is 5. The molecule has 0 saturated carbocycles. The van der Waals surface area contributed by atoms with Crippen molar-refractivity contribution in [1.29, 1.82) is 0 Å². The lowest BCUT2D eigenvalue weighted by Gasteiger charge is -2.17. The van der Waals surface area contributed by atoms with Gasteiger partial charge in [-0.2, -0.15) is 4.98 Å². The summed E-state index contributed by atoms with van der Waals surface area (Å²) in [4.78, 5) is 23.0. The number of hydrogen-bond acceptors (Lipinski definition) is 8. The van der Waals surface area contributed by atoms with Crippen LogP contribution in [-0.2, 0) is 4.74 Å². The molecule has 0 aliphatic carbocycles. The summed E-state index contributed by atoms with van der Waals surface area (Å²) in [6, 6.07) is 7.49. The summed E-state index contributed by atoms with van der Waals surface area (Å²) < 4.78 is 6.90. The second kappa shape index (κ2) is 7.31. The first-order valence-corrected chi connectivity index (χ1v) is 8.88. The number of ether oxygens (including phenoxy) is 1. The molecule has 1 saturated heterocycles. The molecule has 3 aromatic rings. The van der Waals surface area contributed by atoms with Crippen LogP contribution in [0.3, 0.4) is 0 Å². The first-order chi connectivity index (χ1) is 13.9. The largest absolute Gasteiger partial charge is 0.394 e. The molecular weight excluding hydrogens is 378 g/mol. The molecule has 2 aromatic heterocycles. The smallest absolute Gasteiger partial charge is 0.280 e. The van der Waals surface area contributed by atoms with Crippen LogP contribution in [0.5, 0.6) is 0 Å². The Morgan fingerprint density at radius 1 is 1.21 bits per heavy atom. The number of nitrogens with zero attached hydrogens (tertiary/aromatic N) is 3. The van der Waals surface area contributed by atoms with Crippen molar-refractivity contribution in [3.8, 4) is 11.8 Å². The number of anilines is 1. The van der Waals surface area contributed by atoms with Crippen LogP contribution in [0.25, 0.3) is 11.2 Å². The Labute approximate surface area is 164 Å². The van der Waals surface area contributed by atoms with Gasteiger partial charge in [0.1, 0.15) is 18.3 Å². The van der Waals surface area contributed by atoms with Crippen molar-refractivity contribution in [1.82, 2.24) is 19.5 Å². The van der Waals surface area contributed by atoms with E-state index in [0.29, 0.717) is 0 Å². The molecule has 10 heteroatoms. The van der Waals surface area contributed by atoms with Gasteiger partial charge in [-0.15, -0.1) is 0 Å². The average Bonchev–Trinajstić information content (AvgIpc) is 3.19. The molecule has 1 aromatic carbocycles. The molecule has 3 heterocycles. The lowest BCUT2D eigenvalue weighted by Crippen LogP contribution is -2.33. The van der Waals surface area contributed by atoms with Crippen molar-refractivity contribution < 1.29 is 20.1 Å². The predicted octanol–water partition coefficient (Wildman–Crippen LogP) is -0.978. The monoisotopic (exact) mass is 397 g/mol. The van der Waals surface area contributed by atoms with Gasteiger partial charge in [-0.1, -0.05) is 23.6 Å². The molecule has 6 N–H and O–H groups in total. The number of benzene rings is 1. The van der Waals surface area contributed by atoms with Crippen molar-refractivity contribution in [3.05, 3.63) is 51.6 Å². The second-order valence-electron chi connectivity index (χ2n) is 6.77. The van der Waals surface area contributed by atoms with Gasteiger partial charge in [0.15, 0.2) is 23.2 Å². The Kier molecular flexibility index (Phi) is 4.81. The standard InChI is InChI=1S/C19H19N5O5/c1-9-2-4-10(5-3-9)6-7-12-21-13-16(22-19(20)23-17(13)28)24(12)18-15(27)14(26)11(8-25)29-18/h2-5,11,14-15,18,25-27H,8H2,1H3,(H3,20,22,23,28)/t11-,14-,15-,18-/m1/s1. The molecule has 4 rings (SSSR count). The fourth-order valence-corrected chi connectivity index (χ4v) is 3.19. The lowest BCUT2D eigenvalue weighted by atomic mass is 10.1. The molecule has 150 valence electrons. The summed E-state index contributed by atoms with van der Waals surface area (Å²) >= 11 is 0. The van der Waals surface area contributed by atoms with Crippen molar-refractivity contribution >= 4 is 17.1 Å². The van der Waals surface area contributed by atoms with Gasteiger partial charge in [-0.25, -0.2) is 4.98 Å². The molecule has 0 bridgehead atoms. The van der Waals surface area contributed by atoms with Gasteiger partial charge in [-0.05, 0) is 25.0 Å². The van der Waals surface area contributed by atoms with Crippen molar-refractivity contribution in [3.63, 3.8) is 0 Å². The molecule has 29 heavy (non-hydrogen) atoms. The van der Waals surface area contributed by atoms with Gasteiger partial charge in [-0.3, -0.25) is 14.3 Å². The van der Waals surface area contributed by atoms with Crippen molar-refractivity contribution in [2.24, 2.45) is 0 Å². The van der Waals surface area contributed by atoms with Crippen molar-refractivity contribution in [2.45, 2.75) is 31.5 Å². The highest BCUT2D eigenvalue weighted by atomic mass is 16.6. The van der Waals surface area contributed by atoms with E-state index in [9.17, 15) is 20.1 Å². The zero-order valence-corrected chi connectivity index (χ0v) is 15.4. The summed E-state index contributed by atoms with van der Waals surface area (Å²) in [6.07, 6.45) is -4.90. The number of aromatic amines is 1.